The van der Waals surface area contributed by atoms with Crippen LogP contribution in [0, 0.1) is 6.92 Å². The zero-order chi connectivity index (χ0) is 14.6. The first kappa shape index (κ1) is 14.5. The van der Waals surface area contributed by atoms with Crippen LogP contribution in [0.2, 0.25) is 0 Å². The maximum Gasteiger partial charge on any atom is 0.251 e. The fourth-order valence-corrected chi connectivity index (χ4v) is 2.20. The van der Waals surface area contributed by atoms with Crippen molar-refractivity contribution < 1.29 is 14.3 Å². The molecule has 1 aliphatic heterocycles. The molecule has 0 bridgehead atoms. The molecule has 0 saturated carbocycles. The van der Waals surface area contributed by atoms with E-state index in [1.54, 1.807) is 12.1 Å². The predicted octanol–water partition coefficient (Wildman–Crippen LogP) is 1.02. The number of hydrogen-bond donors (Lipinski definition) is 2. The van der Waals surface area contributed by atoms with Gasteiger partial charge in [0.05, 0.1) is 18.7 Å². The Hall–Kier alpha value is -1.88. The third-order valence-electron chi connectivity index (χ3n) is 3.35. The van der Waals surface area contributed by atoms with Crippen molar-refractivity contribution in [1.82, 2.24) is 10.6 Å². The van der Waals surface area contributed by atoms with Gasteiger partial charge in [0.15, 0.2) is 0 Å². The summed E-state index contributed by atoms with van der Waals surface area (Å²) in [5, 5.41) is 5.52. The molecule has 1 heterocycles. The van der Waals surface area contributed by atoms with Crippen molar-refractivity contribution >= 4 is 11.8 Å². The Morgan fingerprint density at radius 3 is 2.85 bits per heavy atom. The van der Waals surface area contributed by atoms with Gasteiger partial charge in [0, 0.05) is 12.2 Å². The second kappa shape index (κ2) is 6.05. The van der Waals surface area contributed by atoms with E-state index in [4.69, 9.17) is 4.74 Å². The molecule has 0 unspecified atom stereocenters. The first-order valence-electron chi connectivity index (χ1n) is 6.72. The summed E-state index contributed by atoms with van der Waals surface area (Å²) >= 11 is 0. The minimum absolute atomic E-state index is 0.0254. The Morgan fingerprint density at radius 2 is 2.20 bits per heavy atom. The lowest BCUT2D eigenvalue weighted by molar-refractivity contribution is -0.121. The highest BCUT2D eigenvalue weighted by Gasteiger charge is 2.31. The molecule has 0 aromatic heterocycles. The summed E-state index contributed by atoms with van der Waals surface area (Å²) in [7, 11) is 0. The normalized spacial score (nSPS) is 21.5. The molecule has 0 spiro atoms. The van der Waals surface area contributed by atoms with E-state index in [0.29, 0.717) is 18.8 Å². The molecular weight excluding hydrogens is 256 g/mol. The Morgan fingerprint density at radius 1 is 1.40 bits per heavy atom. The molecule has 5 nitrogen and oxygen atoms in total. The molecule has 1 atom stereocenters. The van der Waals surface area contributed by atoms with E-state index in [2.05, 4.69) is 10.6 Å². The van der Waals surface area contributed by atoms with E-state index in [0.717, 1.165) is 12.0 Å². The summed E-state index contributed by atoms with van der Waals surface area (Å²) in [4.78, 5) is 23.7. The Balaban J connectivity index is 1.82. The highest BCUT2D eigenvalue weighted by molar-refractivity contribution is 5.96. The van der Waals surface area contributed by atoms with Crippen LogP contribution in [0.5, 0.6) is 0 Å². The first-order valence-corrected chi connectivity index (χ1v) is 6.72. The van der Waals surface area contributed by atoms with Gasteiger partial charge in [-0.3, -0.25) is 9.59 Å². The van der Waals surface area contributed by atoms with Crippen molar-refractivity contribution in [2.24, 2.45) is 0 Å². The van der Waals surface area contributed by atoms with E-state index in [1.165, 1.54) is 0 Å². The zero-order valence-corrected chi connectivity index (χ0v) is 11.9. The largest absolute Gasteiger partial charge is 0.379 e. The number of amides is 2. The zero-order valence-electron chi connectivity index (χ0n) is 11.9. The van der Waals surface area contributed by atoms with Gasteiger partial charge in [0.1, 0.15) is 0 Å². The van der Waals surface area contributed by atoms with Crippen LogP contribution in [-0.4, -0.2) is 37.1 Å². The molecule has 1 aromatic rings. The van der Waals surface area contributed by atoms with Crippen molar-refractivity contribution in [3.05, 3.63) is 35.4 Å². The topological polar surface area (TPSA) is 67.4 Å². The fourth-order valence-electron chi connectivity index (χ4n) is 2.20. The Bertz CT molecular complexity index is 508. The van der Waals surface area contributed by atoms with Crippen LogP contribution in [0.15, 0.2) is 24.3 Å². The van der Waals surface area contributed by atoms with Gasteiger partial charge in [-0.25, -0.2) is 0 Å². The second-order valence-electron chi connectivity index (χ2n) is 5.46. The van der Waals surface area contributed by atoms with Gasteiger partial charge < -0.3 is 15.4 Å². The molecule has 2 N–H and O–H groups in total. The average molecular weight is 276 g/mol. The second-order valence-corrected chi connectivity index (χ2v) is 5.46. The van der Waals surface area contributed by atoms with Gasteiger partial charge in [0.2, 0.25) is 5.91 Å². The number of nitrogens with one attached hydrogen (secondary N) is 2. The standard InChI is InChI=1S/C15H20N2O3/c1-11-4-3-5-12(8-11)14(19)16-9-13(18)17-15(2)6-7-20-10-15/h3-5,8H,6-7,9-10H2,1-2H3,(H,16,19)(H,17,18)/t15-/m1/s1. The molecule has 1 aliphatic rings. The predicted molar refractivity (Wildman–Crippen MR) is 75.5 cm³/mol. The van der Waals surface area contributed by atoms with Gasteiger partial charge in [-0.15, -0.1) is 0 Å². The van der Waals surface area contributed by atoms with E-state index in [-0.39, 0.29) is 23.9 Å². The van der Waals surface area contributed by atoms with Crippen molar-refractivity contribution in [1.29, 1.82) is 0 Å². The van der Waals surface area contributed by atoms with Crippen LogP contribution in [0.25, 0.3) is 0 Å². The lowest BCUT2D eigenvalue weighted by atomic mass is 10.0. The van der Waals surface area contributed by atoms with Gasteiger partial charge >= 0.3 is 0 Å². The number of ether oxygens (including phenoxy) is 1. The van der Waals surface area contributed by atoms with Crippen molar-refractivity contribution in [3.8, 4) is 0 Å². The third kappa shape index (κ3) is 3.81. The lowest BCUT2D eigenvalue weighted by Crippen LogP contribution is -2.50. The number of hydrogen-bond acceptors (Lipinski definition) is 3. The smallest absolute Gasteiger partial charge is 0.251 e. The van der Waals surface area contributed by atoms with Gasteiger partial charge in [-0.1, -0.05) is 17.7 Å². The molecule has 2 rings (SSSR count). The minimum atomic E-state index is -0.314. The molecule has 1 fully saturated rings. The third-order valence-corrected chi connectivity index (χ3v) is 3.35. The fraction of sp³-hybridized carbons (Fsp3) is 0.467. The number of carbonyl (C=O) groups excluding carboxylic acids is 2. The van der Waals surface area contributed by atoms with E-state index in [1.807, 2.05) is 26.0 Å². The molecule has 0 aliphatic carbocycles. The van der Waals surface area contributed by atoms with E-state index < -0.39 is 0 Å². The molecule has 108 valence electrons. The monoisotopic (exact) mass is 276 g/mol. The van der Waals surface area contributed by atoms with Crippen molar-refractivity contribution in [2.75, 3.05) is 19.8 Å². The molecular formula is C15H20N2O3. The van der Waals surface area contributed by atoms with Crippen LogP contribution >= 0.6 is 0 Å². The quantitative estimate of drug-likeness (QED) is 0.863. The van der Waals surface area contributed by atoms with Crippen molar-refractivity contribution in [2.45, 2.75) is 25.8 Å². The Labute approximate surface area is 118 Å². The average Bonchev–Trinajstić information content (AvgIpc) is 2.82. The molecule has 1 saturated heterocycles. The van der Waals surface area contributed by atoms with Crippen molar-refractivity contribution in [3.63, 3.8) is 0 Å². The van der Waals surface area contributed by atoms with Crippen LogP contribution in [0.4, 0.5) is 0 Å². The molecule has 0 radical (unpaired) electrons. The van der Waals surface area contributed by atoms with Crippen LogP contribution < -0.4 is 10.6 Å². The Kier molecular flexibility index (Phi) is 4.39. The maximum atomic E-state index is 11.9. The summed E-state index contributed by atoms with van der Waals surface area (Å²) in [5.41, 5.74) is 1.26. The van der Waals surface area contributed by atoms with Gasteiger partial charge in [-0.2, -0.15) is 0 Å². The summed E-state index contributed by atoms with van der Waals surface area (Å²) in [6.45, 7) is 5.02. The van der Waals surface area contributed by atoms with Crippen LogP contribution in [0.3, 0.4) is 0 Å². The number of rotatable bonds is 4. The maximum absolute atomic E-state index is 11.9. The minimum Gasteiger partial charge on any atom is -0.379 e. The van der Waals surface area contributed by atoms with Gasteiger partial charge in [0.25, 0.3) is 5.91 Å². The summed E-state index contributed by atoms with van der Waals surface area (Å²) in [5.74, 6) is -0.435. The van der Waals surface area contributed by atoms with E-state index in [9.17, 15) is 9.59 Å². The highest BCUT2D eigenvalue weighted by atomic mass is 16.5. The van der Waals surface area contributed by atoms with Gasteiger partial charge in [-0.05, 0) is 32.4 Å². The SMILES string of the molecule is Cc1cccc(C(=O)NCC(=O)N[C@]2(C)CCOC2)c1. The molecule has 5 heteroatoms. The molecule has 1 aromatic carbocycles. The summed E-state index contributed by atoms with van der Waals surface area (Å²) in [6, 6.07) is 7.26. The number of carbonyl (C=O) groups is 2. The summed E-state index contributed by atoms with van der Waals surface area (Å²) < 4.78 is 5.27. The number of aryl methyl sites for hydroxylation is 1. The van der Waals surface area contributed by atoms with E-state index >= 15 is 0 Å². The highest BCUT2D eigenvalue weighted by Crippen LogP contribution is 2.16. The lowest BCUT2D eigenvalue weighted by Gasteiger charge is -2.23. The summed E-state index contributed by atoms with van der Waals surface area (Å²) in [6.07, 6.45) is 0.796. The number of benzene rings is 1. The molecule has 20 heavy (non-hydrogen) atoms. The van der Waals surface area contributed by atoms with Crippen LogP contribution in [-0.2, 0) is 9.53 Å². The van der Waals surface area contributed by atoms with Crippen LogP contribution in [0.1, 0.15) is 29.3 Å². The molecule has 2 amide bonds. The first-order chi connectivity index (χ1) is 9.48.